The summed E-state index contributed by atoms with van der Waals surface area (Å²) in [5.74, 6) is 0.590. The molecule has 0 bridgehead atoms. The maximum atomic E-state index is 12.2. The summed E-state index contributed by atoms with van der Waals surface area (Å²) in [6.07, 6.45) is 2.58. The molecule has 3 N–H and O–H groups in total. The van der Waals surface area contributed by atoms with Gasteiger partial charge in [-0.1, -0.05) is 60.7 Å². The molecule has 2 atom stereocenters. The minimum absolute atomic E-state index is 0.0455. The Morgan fingerprint density at radius 1 is 1.12 bits per heavy atom. The van der Waals surface area contributed by atoms with Crippen molar-refractivity contribution in [1.82, 2.24) is 10.2 Å². The predicted octanol–water partition coefficient (Wildman–Crippen LogP) is 2.76. The Bertz CT molecular complexity index is 674. The predicted molar refractivity (Wildman–Crippen MR) is 106 cm³/mol. The first-order chi connectivity index (χ1) is 12.7. The van der Waals surface area contributed by atoms with Crippen LogP contribution in [0.1, 0.15) is 30.0 Å². The molecule has 1 fully saturated rings. The molecule has 2 unspecified atom stereocenters. The van der Waals surface area contributed by atoms with Crippen LogP contribution in [-0.4, -0.2) is 37.0 Å². The Balaban J connectivity index is 1.34. The number of carbonyl (C=O) groups is 1. The summed E-state index contributed by atoms with van der Waals surface area (Å²) < 4.78 is 0. The van der Waals surface area contributed by atoms with Gasteiger partial charge in [0.25, 0.3) is 0 Å². The molecule has 0 spiro atoms. The van der Waals surface area contributed by atoms with E-state index in [0.29, 0.717) is 12.3 Å². The minimum atomic E-state index is -0.234. The molecule has 2 aromatic rings. The van der Waals surface area contributed by atoms with Crippen LogP contribution in [0.25, 0.3) is 0 Å². The van der Waals surface area contributed by atoms with Crippen molar-refractivity contribution in [1.29, 1.82) is 0 Å². The van der Waals surface area contributed by atoms with Crippen molar-refractivity contribution < 1.29 is 4.79 Å². The second-order valence-electron chi connectivity index (χ2n) is 7.22. The van der Waals surface area contributed by atoms with Gasteiger partial charge in [0.05, 0.1) is 0 Å². The van der Waals surface area contributed by atoms with Crippen LogP contribution >= 0.6 is 0 Å². The molecule has 0 saturated carbocycles. The lowest BCUT2D eigenvalue weighted by atomic mass is 10.0. The van der Waals surface area contributed by atoms with Crippen molar-refractivity contribution in [2.45, 2.75) is 25.3 Å². The van der Waals surface area contributed by atoms with E-state index < -0.39 is 0 Å². The Hall–Kier alpha value is -2.17. The van der Waals surface area contributed by atoms with Gasteiger partial charge in [-0.15, -0.1) is 0 Å². The van der Waals surface area contributed by atoms with Gasteiger partial charge in [-0.2, -0.15) is 0 Å². The molecule has 2 aromatic carbocycles. The van der Waals surface area contributed by atoms with E-state index in [1.807, 2.05) is 30.3 Å². The molecule has 4 heteroatoms. The van der Waals surface area contributed by atoms with E-state index in [0.717, 1.165) is 44.6 Å². The molecule has 0 aliphatic carbocycles. The van der Waals surface area contributed by atoms with Crippen molar-refractivity contribution in [3.63, 3.8) is 0 Å². The average molecular weight is 351 g/mol. The molecule has 0 aromatic heterocycles. The molecule has 1 heterocycles. The average Bonchev–Trinajstić information content (AvgIpc) is 3.14. The number of rotatable bonds is 8. The largest absolute Gasteiger partial charge is 0.356 e. The quantitative estimate of drug-likeness (QED) is 0.769. The molecule has 4 nitrogen and oxygen atoms in total. The lowest BCUT2D eigenvalue weighted by Crippen LogP contribution is -2.33. The van der Waals surface area contributed by atoms with Crippen LogP contribution in [0.5, 0.6) is 0 Å². The smallest absolute Gasteiger partial charge is 0.221 e. The molecule has 0 radical (unpaired) electrons. The monoisotopic (exact) mass is 351 g/mol. The summed E-state index contributed by atoms with van der Waals surface area (Å²) >= 11 is 0. The number of hydrogen-bond acceptors (Lipinski definition) is 3. The molecule has 26 heavy (non-hydrogen) atoms. The summed E-state index contributed by atoms with van der Waals surface area (Å²) in [5, 5.41) is 3.07. The van der Waals surface area contributed by atoms with E-state index in [1.165, 1.54) is 5.56 Å². The van der Waals surface area contributed by atoms with E-state index in [9.17, 15) is 4.79 Å². The third-order valence-electron chi connectivity index (χ3n) is 5.15. The first-order valence-corrected chi connectivity index (χ1v) is 9.54. The van der Waals surface area contributed by atoms with Crippen molar-refractivity contribution in [2.24, 2.45) is 11.7 Å². The van der Waals surface area contributed by atoms with Crippen LogP contribution in [0.3, 0.4) is 0 Å². The topological polar surface area (TPSA) is 58.4 Å². The molecule has 1 aliphatic rings. The molecule has 1 aliphatic heterocycles. The van der Waals surface area contributed by atoms with Gasteiger partial charge in [-0.25, -0.2) is 0 Å². The number of nitrogens with one attached hydrogen (secondary N) is 1. The first kappa shape index (κ1) is 18.6. The maximum absolute atomic E-state index is 12.2. The molecule has 1 saturated heterocycles. The Labute approximate surface area is 156 Å². The fourth-order valence-corrected chi connectivity index (χ4v) is 3.56. The second-order valence-corrected chi connectivity index (χ2v) is 7.22. The summed E-state index contributed by atoms with van der Waals surface area (Å²) in [6, 6.07) is 20.2. The standard InChI is InChI=1S/C22H29N3O/c23-21(20-9-5-2-6-10-20)15-22(26)24-16-19-12-14-25(17-19)13-11-18-7-3-1-4-8-18/h1-10,19,21H,11-17,23H2,(H,24,26). The highest BCUT2D eigenvalue weighted by atomic mass is 16.1. The van der Waals surface area contributed by atoms with Gasteiger partial charge in [0.15, 0.2) is 0 Å². The van der Waals surface area contributed by atoms with Crippen molar-refractivity contribution in [2.75, 3.05) is 26.2 Å². The third kappa shape index (κ3) is 5.68. The van der Waals surface area contributed by atoms with E-state index in [2.05, 4.69) is 40.5 Å². The Morgan fingerprint density at radius 3 is 2.54 bits per heavy atom. The van der Waals surface area contributed by atoms with Crippen LogP contribution in [-0.2, 0) is 11.2 Å². The lowest BCUT2D eigenvalue weighted by Gasteiger charge is -2.17. The second kappa shape index (κ2) is 9.51. The summed E-state index contributed by atoms with van der Waals surface area (Å²) in [7, 11) is 0. The van der Waals surface area contributed by atoms with E-state index in [4.69, 9.17) is 5.73 Å². The molecule has 138 valence electrons. The zero-order chi connectivity index (χ0) is 18.2. The number of nitrogens with zero attached hydrogens (tertiary/aromatic N) is 1. The number of carbonyl (C=O) groups excluding carboxylic acids is 1. The van der Waals surface area contributed by atoms with E-state index in [-0.39, 0.29) is 11.9 Å². The van der Waals surface area contributed by atoms with Crippen LogP contribution in [0.15, 0.2) is 60.7 Å². The molecule has 1 amide bonds. The highest BCUT2D eigenvalue weighted by Gasteiger charge is 2.22. The van der Waals surface area contributed by atoms with E-state index >= 15 is 0 Å². The fraction of sp³-hybridized carbons (Fsp3) is 0.409. The van der Waals surface area contributed by atoms with Gasteiger partial charge in [0.1, 0.15) is 0 Å². The highest BCUT2D eigenvalue weighted by Crippen LogP contribution is 2.17. The van der Waals surface area contributed by atoms with Crippen molar-refractivity contribution in [3.8, 4) is 0 Å². The zero-order valence-corrected chi connectivity index (χ0v) is 15.3. The Morgan fingerprint density at radius 2 is 1.81 bits per heavy atom. The van der Waals surface area contributed by atoms with Gasteiger partial charge >= 0.3 is 0 Å². The number of hydrogen-bond donors (Lipinski definition) is 2. The van der Waals surface area contributed by atoms with Crippen LogP contribution in [0, 0.1) is 5.92 Å². The number of likely N-dealkylation sites (tertiary alicyclic amines) is 1. The van der Waals surface area contributed by atoms with E-state index in [1.54, 1.807) is 0 Å². The van der Waals surface area contributed by atoms with Crippen LogP contribution in [0.4, 0.5) is 0 Å². The third-order valence-corrected chi connectivity index (χ3v) is 5.15. The van der Waals surface area contributed by atoms with Gasteiger partial charge < -0.3 is 16.0 Å². The summed E-state index contributed by atoms with van der Waals surface area (Å²) in [5.41, 5.74) is 8.53. The van der Waals surface area contributed by atoms with Gasteiger partial charge in [-0.3, -0.25) is 4.79 Å². The van der Waals surface area contributed by atoms with Gasteiger partial charge in [0.2, 0.25) is 5.91 Å². The van der Waals surface area contributed by atoms with Crippen molar-refractivity contribution >= 4 is 5.91 Å². The van der Waals surface area contributed by atoms with Gasteiger partial charge in [-0.05, 0) is 36.4 Å². The highest BCUT2D eigenvalue weighted by molar-refractivity contribution is 5.76. The Kier molecular flexibility index (Phi) is 6.81. The first-order valence-electron chi connectivity index (χ1n) is 9.54. The molecular formula is C22H29N3O. The summed E-state index contributed by atoms with van der Waals surface area (Å²) in [4.78, 5) is 14.7. The van der Waals surface area contributed by atoms with Crippen molar-refractivity contribution in [3.05, 3.63) is 71.8 Å². The number of benzene rings is 2. The molecular weight excluding hydrogens is 322 g/mol. The van der Waals surface area contributed by atoms with Crippen LogP contribution < -0.4 is 11.1 Å². The maximum Gasteiger partial charge on any atom is 0.221 e. The normalized spacial score (nSPS) is 18.6. The fourth-order valence-electron chi connectivity index (χ4n) is 3.56. The SMILES string of the molecule is NC(CC(=O)NCC1CCN(CCc2ccccc2)C1)c1ccccc1. The number of nitrogens with two attached hydrogens (primary N) is 1. The summed E-state index contributed by atoms with van der Waals surface area (Å²) in [6.45, 7) is 4.03. The lowest BCUT2D eigenvalue weighted by molar-refractivity contribution is -0.121. The van der Waals surface area contributed by atoms with Gasteiger partial charge in [0, 0.05) is 32.1 Å². The zero-order valence-electron chi connectivity index (χ0n) is 15.3. The van der Waals surface area contributed by atoms with Crippen LogP contribution in [0.2, 0.25) is 0 Å². The minimum Gasteiger partial charge on any atom is -0.356 e. The molecule has 3 rings (SSSR count). The number of amides is 1.